The largest absolute Gasteiger partial charge is 0.337 e. The van der Waals surface area contributed by atoms with E-state index in [1.165, 1.54) is 0 Å². The molecule has 0 saturated carbocycles. The van der Waals surface area contributed by atoms with E-state index in [0.29, 0.717) is 11.8 Å². The van der Waals surface area contributed by atoms with E-state index in [1.807, 2.05) is 35.2 Å². The molecular weight excluding hydrogens is 268 g/mol. The van der Waals surface area contributed by atoms with Gasteiger partial charge in [0.25, 0.3) is 0 Å². The quantitative estimate of drug-likeness (QED) is 0.863. The maximum absolute atomic E-state index is 12.1. The van der Waals surface area contributed by atoms with E-state index in [0.717, 1.165) is 24.5 Å². The minimum Gasteiger partial charge on any atom is -0.337 e. The number of halogens is 1. The van der Waals surface area contributed by atoms with Crippen LogP contribution in [0, 0.1) is 0 Å². The van der Waals surface area contributed by atoms with Gasteiger partial charge in [-0.05, 0) is 19.1 Å². The topological polar surface area (TPSA) is 32.3 Å². The summed E-state index contributed by atoms with van der Waals surface area (Å²) >= 11 is 1.61. The van der Waals surface area contributed by atoms with Gasteiger partial charge in [0.15, 0.2) is 0 Å². The molecule has 1 saturated heterocycles. The Hall–Kier alpha value is -0.710. The van der Waals surface area contributed by atoms with Gasteiger partial charge >= 0.3 is 0 Å². The monoisotopic (exact) mass is 286 g/mol. The van der Waals surface area contributed by atoms with Crippen molar-refractivity contribution in [3.63, 3.8) is 0 Å². The van der Waals surface area contributed by atoms with E-state index in [-0.39, 0.29) is 18.3 Å². The van der Waals surface area contributed by atoms with Crippen molar-refractivity contribution < 1.29 is 4.79 Å². The molecule has 0 aliphatic carbocycles. The fraction of sp³-hybridized carbons (Fsp3) is 0.462. The first-order chi connectivity index (χ1) is 8.27. The zero-order chi connectivity index (χ0) is 12.1. The highest BCUT2D eigenvalue weighted by Gasteiger charge is 2.22. The van der Waals surface area contributed by atoms with Crippen molar-refractivity contribution >= 4 is 30.1 Å². The molecule has 1 aromatic rings. The predicted octanol–water partition coefficient (Wildman–Crippen LogP) is 2.02. The number of thioether (sulfide) groups is 1. The number of benzene rings is 1. The normalized spacial score (nSPS) is 19.2. The van der Waals surface area contributed by atoms with E-state index < -0.39 is 0 Å². The summed E-state index contributed by atoms with van der Waals surface area (Å²) in [5, 5.41) is 3.29. The highest BCUT2D eigenvalue weighted by atomic mass is 35.5. The third-order valence-corrected chi connectivity index (χ3v) is 3.92. The molecule has 1 atom stereocenters. The molecule has 1 N–H and O–H groups in total. The van der Waals surface area contributed by atoms with Crippen LogP contribution in [-0.2, 0) is 4.79 Å². The van der Waals surface area contributed by atoms with Gasteiger partial charge in [-0.3, -0.25) is 4.79 Å². The van der Waals surface area contributed by atoms with E-state index in [1.54, 1.807) is 11.8 Å². The van der Waals surface area contributed by atoms with Crippen LogP contribution in [0.15, 0.2) is 35.2 Å². The van der Waals surface area contributed by atoms with Crippen LogP contribution >= 0.6 is 24.2 Å². The SMILES string of the molecule is CC1CNCCN1C(=O)CSc1ccccc1.Cl. The number of nitrogens with one attached hydrogen (secondary N) is 1. The number of hydrogen-bond acceptors (Lipinski definition) is 3. The summed E-state index contributed by atoms with van der Waals surface area (Å²) in [6.07, 6.45) is 0. The number of hydrogen-bond donors (Lipinski definition) is 1. The summed E-state index contributed by atoms with van der Waals surface area (Å²) < 4.78 is 0. The average molecular weight is 287 g/mol. The highest BCUT2D eigenvalue weighted by molar-refractivity contribution is 8.00. The number of amides is 1. The molecule has 5 heteroatoms. The van der Waals surface area contributed by atoms with E-state index >= 15 is 0 Å². The van der Waals surface area contributed by atoms with Gasteiger partial charge in [-0.2, -0.15) is 0 Å². The van der Waals surface area contributed by atoms with Crippen LogP contribution < -0.4 is 5.32 Å². The number of nitrogens with zero attached hydrogens (tertiary/aromatic N) is 1. The van der Waals surface area contributed by atoms with Gasteiger partial charge in [0.1, 0.15) is 0 Å². The Morgan fingerprint density at radius 3 is 2.83 bits per heavy atom. The van der Waals surface area contributed by atoms with Gasteiger partial charge in [0.2, 0.25) is 5.91 Å². The number of carbonyl (C=O) groups is 1. The minimum absolute atomic E-state index is 0. The first-order valence-corrected chi connectivity index (χ1v) is 6.94. The van der Waals surface area contributed by atoms with Crippen molar-refractivity contribution in [3.8, 4) is 0 Å². The second kappa shape index (κ2) is 7.67. The van der Waals surface area contributed by atoms with Crippen molar-refractivity contribution in [3.05, 3.63) is 30.3 Å². The van der Waals surface area contributed by atoms with Crippen molar-refractivity contribution in [2.75, 3.05) is 25.4 Å². The molecule has 1 aliphatic rings. The van der Waals surface area contributed by atoms with Gasteiger partial charge < -0.3 is 10.2 Å². The fourth-order valence-electron chi connectivity index (χ4n) is 1.96. The number of carbonyl (C=O) groups excluding carboxylic acids is 1. The van der Waals surface area contributed by atoms with Crippen LogP contribution in [-0.4, -0.2) is 42.2 Å². The van der Waals surface area contributed by atoms with Crippen molar-refractivity contribution in [2.24, 2.45) is 0 Å². The van der Waals surface area contributed by atoms with Crippen LogP contribution in [0.3, 0.4) is 0 Å². The maximum Gasteiger partial charge on any atom is 0.233 e. The first kappa shape index (κ1) is 15.3. The molecular formula is C13H19ClN2OS. The summed E-state index contributed by atoms with van der Waals surface area (Å²) in [6, 6.07) is 10.4. The van der Waals surface area contributed by atoms with E-state index in [9.17, 15) is 4.79 Å². The summed E-state index contributed by atoms with van der Waals surface area (Å²) in [5.74, 6) is 0.779. The molecule has 1 aromatic carbocycles. The molecule has 2 rings (SSSR count). The van der Waals surface area contributed by atoms with Gasteiger partial charge in [-0.25, -0.2) is 0 Å². The molecule has 100 valence electrons. The Balaban J connectivity index is 0.00000162. The molecule has 1 fully saturated rings. The van der Waals surface area contributed by atoms with Gasteiger partial charge in [-0.1, -0.05) is 18.2 Å². The lowest BCUT2D eigenvalue weighted by Crippen LogP contribution is -2.52. The van der Waals surface area contributed by atoms with Gasteiger partial charge in [0.05, 0.1) is 5.75 Å². The molecule has 18 heavy (non-hydrogen) atoms. The van der Waals surface area contributed by atoms with Crippen molar-refractivity contribution in [2.45, 2.75) is 17.9 Å². The molecule has 0 bridgehead atoms. The smallest absolute Gasteiger partial charge is 0.233 e. The molecule has 1 unspecified atom stereocenters. The Morgan fingerprint density at radius 2 is 2.17 bits per heavy atom. The fourth-order valence-corrected chi connectivity index (χ4v) is 2.76. The summed E-state index contributed by atoms with van der Waals surface area (Å²) in [4.78, 5) is 15.2. The van der Waals surface area contributed by atoms with Gasteiger partial charge in [-0.15, -0.1) is 24.2 Å². The van der Waals surface area contributed by atoms with Crippen LogP contribution in [0.25, 0.3) is 0 Å². The second-order valence-electron chi connectivity index (χ2n) is 4.24. The van der Waals surface area contributed by atoms with Crippen LogP contribution in [0.2, 0.25) is 0 Å². The van der Waals surface area contributed by atoms with Crippen molar-refractivity contribution in [1.29, 1.82) is 0 Å². The lowest BCUT2D eigenvalue weighted by atomic mass is 10.2. The summed E-state index contributed by atoms with van der Waals surface area (Å²) in [7, 11) is 0. The maximum atomic E-state index is 12.1. The third-order valence-electron chi connectivity index (χ3n) is 2.93. The Bertz CT molecular complexity index is 375. The average Bonchev–Trinajstić information content (AvgIpc) is 2.38. The first-order valence-electron chi connectivity index (χ1n) is 5.95. The van der Waals surface area contributed by atoms with E-state index in [4.69, 9.17) is 0 Å². The summed E-state index contributed by atoms with van der Waals surface area (Å²) in [5.41, 5.74) is 0. The van der Waals surface area contributed by atoms with Gasteiger partial charge in [0, 0.05) is 30.6 Å². The van der Waals surface area contributed by atoms with E-state index in [2.05, 4.69) is 12.2 Å². The number of rotatable bonds is 3. The van der Waals surface area contributed by atoms with Crippen molar-refractivity contribution in [1.82, 2.24) is 10.2 Å². The highest BCUT2D eigenvalue weighted by Crippen LogP contribution is 2.18. The lowest BCUT2D eigenvalue weighted by molar-refractivity contribution is -0.131. The molecule has 1 aliphatic heterocycles. The second-order valence-corrected chi connectivity index (χ2v) is 5.29. The third kappa shape index (κ3) is 4.19. The molecule has 0 aromatic heterocycles. The minimum atomic E-state index is 0. The lowest BCUT2D eigenvalue weighted by Gasteiger charge is -2.33. The molecule has 1 heterocycles. The standard InChI is InChI=1S/C13H18N2OS.ClH/c1-11-9-14-7-8-15(11)13(16)10-17-12-5-3-2-4-6-12;/h2-6,11,14H,7-10H2,1H3;1H. The number of piperazine rings is 1. The molecule has 0 spiro atoms. The van der Waals surface area contributed by atoms with Crippen LogP contribution in [0.4, 0.5) is 0 Å². The molecule has 1 amide bonds. The zero-order valence-corrected chi connectivity index (χ0v) is 12.1. The van der Waals surface area contributed by atoms with Crippen LogP contribution in [0.5, 0.6) is 0 Å². The molecule has 3 nitrogen and oxygen atoms in total. The Labute approximate surface area is 119 Å². The zero-order valence-electron chi connectivity index (χ0n) is 10.5. The van der Waals surface area contributed by atoms with Crippen LogP contribution in [0.1, 0.15) is 6.92 Å². The summed E-state index contributed by atoms with van der Waals surface area (Å²) in [6.45, 7) is 4.74. The predicted molar refractivity (Wildman–Crippen MR) is 78.5 cm³/mol. The molecule has 0 radical (unpaired) electrons. The Kier molecular flexibility index (Phi) is 6.54. The Morgan fingerprint density at radius 1 is 1.44 bits per heavy atom.